The molecule has 0 N–H and O–H groups in total. The van der Waals surface area contributed by atoms with Gasteiger partial charge in [-0.15, -0.1) is 0 Å². The van der Waals surface area contributed by atoms with Gasteiger partial charge < -0.3 is 4.18 Å². The summed E-state index contributed by atoms with van der Waals surface area (Å²) in [6, 6.07) is 0. The molecule has 0 aromatic rings. The first-order chi connectivity index (χ1) is 3.42. The lowest BCUT2D eigenvalue weighted by molar-refractivity contribution is -0.131. The quantitative estimate of drug-likeness (QED) is 0.549. The largest absolute Gasteiger partial charge is 0.403 e. The highest BCUT2D eigenvalue weighted by molar-refractivity contribution is 8.10. The van der Waals surface area contributed by atoms with Crippen molar-refractivity contribution in [3.63, 3.8) is 0 Å². The van der Waals surface area contributed by atoms with E-state index in [4.69, 9.17) is 0 Å². The first-order valence-corrected chi connectivity index (χ1v) is 3.80. The van der Waals surface area contributed by atoms with Crippen LogP contribution in [0.4, 0.5) is 0 Å². The standard InChI is InChI=1S/C2H3ClO4S.CH4/c1-2(4)7-8(3,5)6;/h1H3;1H4. The topological polar surface area (TPSA) is 60.4 Å². The second-order valence-corrected chi connectivity index (χ2v) is 3.05. The van der Waals surface area contributed by atoms with Gasteiger partial charge in [-0.1, -0.05) is 7.43 Å². The van der Waals surface area contributed by atoms with Crippen LogP contribution in [0.5, 0.6) is 0 Å². The van der Waals surface area contributed by atoms with Crippen molar-refractivity contribution in [1.82, 2.24) is 0 Å². The molecule has 0 aliphatic heterocycles. The van der Waals surface area contributed by atoms with E-state index in [1.807, 2.05) is 0 Å². The Kier molecular flexibility index (Phi) is 4.70. The molecule has 56 valence electrons. The zero-order valence-corrected chi connectivity index (χ0v) is 5.49. The van der Waals surface area contributed by atoms with Gasteiger partial charge in [0, 0.05) is 6.92 Å². The van der Waals surface area contributed by atoms with E-state index < -0.39 is 15.3 Å². The summed E-state index contributed by atoms with van der Waals surface area (Å²) in [5.41, 5.74) is 0. The van der Waals surface area contributed by atoms with E-state index in [1.54, 1.807) is 0 Å². The Morgan fingerprint density at radius 2 is 1.89 bits per heavy atom. The van der Waals surface area contributed by atoms with Crippen LogP contribution in [0.1, 0.15) is 14.4 Å². The summed E-state index contributed by atoms with van der Waals surface area (Å²) < 4.78 is 23.1. The molecule has 6 heteroatoms. The van der Waals surface area contributed by atoms with Crippen LogP contribution in [-0.4, -0.2) is 14.4 Å². The van der Waals surface area contributed by atoms with Gasteiger partial charge in [-0.3, -0.25) is 4.79 Å². The highest BCUT2D eigenvalue weighted by Gasteiger charge is 2.06. The minimum atomic E-state index is -4.10. The zero-order chi connectivity index (χ0) is 6.78. The number of halogens is 1. The first kappa shape index (κ1) is 11.5. The Bertz CT molecular complexity index is 182. The summed E-state index contributed by atoms with van der Waals surface area (Å²) in [6.45, 7) is 0.944. The van der Waals surface area contributed by atoms with Crippen LogP contribution in [0.25, 0.3) is 0 Å². The van der Waals surface area contributed by atoms with E-state index in [0.717, 1.165) is 6.92 Å². The average molecular weight is 175 g/mol. The maximum absolute atomic E-state index is 9.77. The molecule has 0 amide bonds. The third kappa shape index (κ3) is 11.3. The van der Waals surface area contributed by atoms with E-state index in [9.17, 15) is 13.2 Å². The Hall–Kier alpha value is -0.290. The van der Waals surface area contributed by atoms with Crippen molar-refractivity contribution in [2.24, 2.45) is 0 Å². The molecule has 0 aliphatic carbocycles. The van der Waals surface area contributed by atoms with Crippen molar-refractivity contribution in [2.45, 2.75) is 14.4 Å². The molecule has 9 heavy (non-hydrogen) atoms. The molecule has 0 radical (unpaired) electrons. The van der Waals surface area contributed by atoms with Crippen molar-refractivity contribution >= 4 is 26.0 Å². The number of hydrogen-bond donors (Lipinski definition) is 0. The van der Waals surface area contributed by atoms with Gasteiger partial charge >= 0.3 is 15.3 Å². The molecule has 4 nitrogen and oxygen atoms in total. The number of rotatable bonds is 1. The van der Waals surface area contributed by atoms with Gasteiger partial charge in [-0.05, 0) is 0 Å². The van der Waals surface area contributed by atoms with Crippen LogP contribution in [0.15, 0.2) is 0 Å². The smallest absolute Gasteiger partial charge is 0.335 e. The monoisotopic (exact) mass is 174 g/mol. The fourth-order valence-electron chi connectivity index (χ4n) is 0.140. The molecule has 0 unspecified atom stereocenters. The Morgan fingerprint density at radius 3 is 1.89 bits per heavy atom. The maximum atomic E-state index is 9.77. The summed E-state index contributed by atoms with van der Waals surface area (Å²) in [7, 11) is 0.357. The number of carbonyl (C=O) groups excluding carboxylic acids is 1. The van der Waals surface area contributed by atoms with Crippen molar-refractivity contribution in [1.29, 1.82) is 0 Å². The molecule has 0 bridgehead atoms. The van der Waals surface area contributed by atoms with Gasteiger partial charge in [0.2, 0.25) is 0 Å². The first-order valence-electron chi connectivity index (χ1n) is 1.56. The van der Waals surface area contributed by atoms with E-state index in [-0.39, 0.29) is 7.43 Å². The molecule has 0 saturated carbocycles. The summed E-state index contributed by atoms with van der Waals surface area (Å²) in [6.07, 6.45) is 0. The van der Waals surface area contributed by atoms with Crippen LogP contribution < -0.4 is 0 Å². The predicted molar refractivity (Wildman–Crippen MR) is 33.3 cm³/mol. The fourth-order valence-corrected chi connectivity index (χ4v) is 0.687. The van der Waals surface area contributed by atoms with Crippen molar-refractivity contribution in [3.05, 3.63) is 0 Å². The average Bonchev–Trinajstić information content (AvgIpc) is 1.21. The molecular formula is C3H7ClO4S. The fraction of sp³-hybridized carbons (Fsp3) is 0.667. The highest BCUT2D eigenvalue weighted by Crippen LogP contribution is 1.97. The van der Waals surface area contributed by atoms with Crippen molar-refractivity contribution < 1.29 is 17.4 Å². The molecule has 0 heterocycles. The van der Waals surface area contributed by atoms with Gasteiger partial charge in [0.1, 0.15) is 0 Å². The number of carbonyl (C=O) groups is 1. The van der Waals surface area contributed by atoms with Crippen LogP contribution in [0.2, 0.25) is 0 Å². The second-order valence-electron chi connectivity index (χ2n) is 0.968. The highest BCUT2D eigenvalue weighted by atomic mass is 35.7. The van der Waals surface area contributed by atoms with Gasteiger partial charge in [0.05, 0.1) is 10.7 Å². The minimum Gasteiger partial charge on any atom is -0.335 e. The summed E-state index contributed by atoms with van der Waals surface area (Å²) in [5.74, 6) is -0.944. The lowest BCUT2D eigenvalue weighted by Crippen LogP contribution is -2.01. The van der Waals surface area contributed by atoms with Crippen LogP contribution in [-0.2, 0) is 18.3 Å². The molecule has 0 fully saturated rings. The third-order valence-electron chi connectivity index (χ3n) is 0.217. The normalized spacial score (nSPS) is 9.56. The summed E-state index contributed by atoms with van der Waals surface area (Å²) in [5, 5.41) is 0. The van der Waals surface area contributed by atoms with Crippen molar-refractivity contribution in [3.8, 4) is 0 Å². The van der Waals surface area contributed by atoms with E-state index in [2.05, 4.69) is 14.9 Å². The van der Waals surface area contributed by atoms with Crippen LogP contribution in [0.3, 0.4) is 0 Å². The molecule has 0 atom stereocenters. The SMILES string of the molecule is C.CC(=O)OS(=O)(=O)Cl. The minimum absolute atomic E-state index is 0. The van der Waals surface area contributed by atoms with E-state index in [1.165, 1.54) is 0 Å². The van der Waals surface area contributed by atoms with Crippen LogP contribution >= 0.6 is 10.7 Å². The molecule has 0 aliphatic rings. The summed E-state index contributed by atoms with van der Waals surface area (Å²) >= 11 is 0. The lowest BCUT2D eigenvalue weighted by Gasteiger charge is -1.89. The Morgan fingerprint density at radius 1 is 1.56 bits per heavy atom. The Balaban J connectivity index is 0. The molecule has 0 aromatic carbocycles. The molecule has 0 spiro atoms. The molecular weight excluding hydrogens is 168 g/mol. The molecule has 0 rings (SSSR count). The van der Waals surface area contributed by atoms with Crippen molar-refractivity contribution in [2.75, 3.05) is 0 Å². The molecule has 0 saturated heterocycles. The van der Waals surface area contributed by atoms with Gasteiger partial charge in [-0.2, -0.15) is 8.42 Å². The van der Waals surface area contributed by atoms with E-state index in [0.29, 0.717) is 0 Å². The third-order valence-corrected chi connectivity index (χ3v) is 0.840. The predicted octanol–water partition coefficient (Wildman–Crippen LogP) is 0.669. The van der Waals surface area contributed by atoms with Gasteiger partial charge in [0.15, 0.2) is 0 Å². The van der Waals surface area contributed by atoms with Gasteiger partial charge in [0.25, 0.3) is 0 Å². The maximum Gasteiger partial charge on any atom is 0.403 e. The van der Waals surface area contributed by atoms with E-state index >= 15 is 0 Å². The second kappa shape index (κ2) is 3.68. The molecule has 0 aromatic heterocycles. The van der Waals surface area contributed by atoms with Gasteiger partial charge in [-0.25, -0.2) is 0 Å². The summed E-state index contributed by atoms with van der Waals surface area (Å²) in [4.78, 5) is 9.77. The van der Waals surface area contributed by atoms with Crippen LogP contribution in [0, 0.1) is 0 Å². The lowest BCUT2D eigenvalue weighted by atomic mass is 10.9. The number of hydrogen-bond acceptors (Lipinski definition) is 4. The zero-order valence-electron chi connectivity index (χ0n) is 3.92. The Labute approximate surface area is 58.4 Å².